The lowest BCUT2D eigenvalue weighted by molar-refractivity contribution is 0.0697. The van der Waals surface area contributed by atoms with Crippen LogP contribution in [0.4, 0.5) is 0 Å². The molecule has 1 aliphatic heterocycles. The van der Waals surface area contributed by atoms with Crippen molar-refractivity contribution in [2.75, 3.05) is 13.1 Å². The summed E-state index contributed by atoms with van der Waals surface area (Å²) in [6, 6.07) is 14.0. The normalized spacial score (nSPS) is 15.2. The van der Waals surface area contributed by atoms with Gasteiger partial charge in [-0.05, 0) is 55.3 Å². The minimum absolute atomic E-state index is 0.0990. The van der Waals surface area contributed by atoms with Crippen LogP contribution < -0.4 is 0 Å². The van der Waals surface area contributed by atoms with Crippen molar-refractivity contribution in [2.45, 2.75) is 23.0 Å². The van der Waals surface area contributed by atoms with E-state index < -0.39 is 5.97 Å². The number of carboxylic acids is 1. The molecule has 0 radical (unpaired) electrons. The number of piperidine rings is 1. The van der Waals surface area contributed by atoms with Crippen molar-refractivity contribution in [3.63, 3.8) is 0 Å². The van der Waals surface area contributed by atoms with Gasteiger partial charge >= 0.3 is 5.97 Å². The van der Waals surface area contributed by atoms with Gasteiger partial charge in [0.15, 0.2) is 0 Å². The number of likely N-dealkylation sites (tertiary alicyclic amines) is 1. The number of nitrogens with zero attached hydrogens (tertiary/aromatic N) is 1. The maximum absolute atomic E-state index is 12.6. The Morgan fingerprint density at radius 1 is 1.04 bits per heavy atom. The Morgan fingerprint density at radius 2 is 1.68 bits per heavy atom. The molecular weight excluding hydrogens is 358 g/mol. The lowest BCUT2D eigenvalue weighted by atomic mass is 10.1. The number of aromatic carboxylic acids is 1. The predicted molar refractivity (Wildman–Crippen MR) is 99.6 cm³/mol. The molecule has 1 saturated heterocycles. The summed E-state index contributed by atoms with van der Waals surface area (Å²) in [4.78, 5) is 26.6. The molecule has 0 spiro atoms. The number of carboxylic acid groups (broad SMARTS) is 1. The molecule has 25 heavy (non-hydrogen) atoms. The molecule has 1 N–H and O–H groups in total. The summed E-state index contributed by atoms with van der Waals surface area (Å²) in [5.41, 5.74) is 0.572. The second-order valence-corrected chi connectivity index (χ2v) is 7.76. The summed E-state index contributed by atoms with van der Waals surface area (Å²) in [5.74, 6) is -1.12. The lowest BCUT2D eigenvalue weighted by Crippen LogP contribution is -2.39. The molecule has 1 heterocycles. The number of halogens is 1. The van der Waals surface area contributed by atoms with Crippen LogP contribution in [0.1, 0.15) is 33.6 Å². The van der Waals surface area contributed by atoms with Crippen LogP contribution in [0.5, 0.6) is 0 Å². The molecule has 6 heteroatoms. The standard InChI is InChI=1S/C19H18ClNO3S/c20-15-4-6-16(7-5-15)25-17-8-10-21(11-9-17)18(22)13-2-1-3-14(12-13)19(23)24/h1-7,12,17H,8-11H2,(H,23,24). The summed E-state index contributed by atoms with van der Waals surface area (Å²) in [7, 11) is 0. The van der Waals surface area contributed by atoms with Gasteiger partial charge in [-0.2, -0.15) is 0 Å². The molecule has 2 aromatic rings. The van der Waals surface area contributed by atoms with Crippen LogP contribution in [-0.2, 0) is 0 Å². The van der Waals surface area contributed by atoms with Crippen LogP contribution in [-0.4, -0.2) is 40.2 Å². The van der Waals surface area contributed by atoms with Crippen molar-refractivity contribution in [3.05, 3.63) is 64.7 Å². The second-order valence-electron chi connectivity index (χ2n) is 5.95. The van der Waals surface area contributed by atoms with E-state index in [0.717, 1.165) is 17.9 Å². The first-order valence-electron chi connectivity index (χ1n) is 8.08. The minimum Gasteiger partial charge on any atom is -0.478 e. The fourth-order valence-corrected chi connectivity index (χ4v) is 4.10. The van der Waals surface area contributed by atoms with Gasteiger partial charge < -0.3 is 10.0 Å². The van der Waals surface area contributed by atoms with Crippen LogP contribution in [0.2, 0.25) is 5.02 Å². The highest BCUT2D eigenvalue weighted by Gasteiger charge is 2.24. The quantitative estimate of drug-likeness (QED) is 0.858. The van der Waals surface area contributed by atoms with Crippen LogP contribution in [0.15, 0.2) is 53.4 Å². The van der Waals surface area contributed by atoms with Crippen LogP contribution in [0.3, 0.4) is 0 Å². The second kappa shape index (κ2) is 7.93. The SMILES string of the molecule is O=C(O)c1cccc(C(=O)N2CCC(Sc3ccc(Cl)cc3)CC2)c1. The third-order valence-corrected chi connectivity index (χ3v) is 5.80. The van der Waals surface area contributed by atoms with E-state index in [9.17, 15) is 9.59 Å². The molecular formula is C19H18ClNO3S. The Labute approximate surface area is 155 Å². The molecule has 3 rings (SSSR count). The molecule has 4 nitrogen and oxygen atoms in total. The number of amides is 1. The zero-order valence-electron chi connectivity index (χ0n) is 13.5. The number of carbonyl (C=O) groups is 2. The summed E-state index contributed by atoms with van der Waals surface area (Å²) in [5, 5.41) is 10.3. The molecule has 0 saturated carbocycles. The van der Waals surface area contributed by atoms with Gasteiger partial charge in [-0.3, -0.25) is 4.79 Å². The molecule has 0 unspecified atom stereocenters. The smallest absolute Gasteiger partial charge is 0.335 e. The van der Waals surface area contributed by atoms with Crippen molar-refractivity contribution in [1.82, 2.24) is 4.90 Å². The molecule has 1 fully saturated rings. The molecule has 0 bridgehead atoms. The van der Waals surface area contributed by atoms with Crippen molar-refractivity contribution >= 4 is 35.2 Å². The Kier molecular flexibility index (Phi) is 5.66. The summed E-state index contributed by atoms with van der Waals surface area (Å²) in [6.07, 6.45) is 1.83. The Hall–Kier alpha value is -1.98. The number of benzene rings is 2. The van der Waals surface area contributed by atoms with E-state index in [-0.39, 0.29) is 11.5 Å². The van der Waals surface area contributed by atoms with Gasteiger partial charge in [-0.15, -0.1) is 11.8 Å². The Balaban J connectivity index is 1.58. The van der Waals surface area contributed by atoms with E-state index in [1.54, 1.807) is 17.0 Å². The first-order chi connectivity index (χ1) is 12.0. The van der Waals surface area contributed by atoms with E-state index >= 15 is 0 Å². The highest BCUT2D eigenvalue weighted by molar-refractivity contribution is 8.00. The summed E-state index contributed by atoms with van der Waals surface area (Å²) in [6.45, 7) is 1.36. The zero-order valence-corrected chi connectivity index (χ0v) is 15.1. The van der Waals surface area contributed by atoms with Crippen molar-refractivity contribution in [3.8, 4) is 0 Å². The van der Waals surface area contributed by atoms with E-state index in [1.165, 1.54) is 17.0 Å². The maximum atomic E-state index is 12.6. The van der Waals surface area contributed by atoms with Gasteiger partial charge in [0.1, 0.15) is 0 Å². The molecule has 1 aliphatic rings. The first kappa shape index (κ1) is 17.8. The fraction of sp³-hybridized carbons (Fsp3) is 0.263. The monoisotopic (exact) mass is 375 g/mol. The number of rotatable bonds is 4. The van der Waals surface area contributed by atoms with Crippen molar-refractivity contribution in [2.24, 2.45) is 0 Å². The summed E-state index contributed by atoms with van der Waals surface area (Å²) < 4.78 is 0. The topological polar surface area (TPSA) is 57.6 Å². The predicted octanol–water partition coefficient (Wildman–Crippen LogP) is 4.44. The fourth-order valence-electron chi connectivity index (χ4n) is 2.85. The van der Waals surface area contributed by atoms with E-state index in [1.807, 2.05) is 36.0 Å². The van der Waals surface area contributed by atoms with Crippen LogP contribution in [0.25, 0.3) is 0 Å². The molecule has 0 aliphatic carbocycles. The summed E-state index contributed by atoms with van der Waals surface area (Å²) >= 11 is 7.72. The Bertz CT molecular complexity index is 770. The number of hydrogen-bond acceptors (Lipinski definition) is 3. The largest absolute Gasteiger partial charge is 0.478 e. The third-order valence-electron chi connectivity index (χ3n) is 4.20. The average molecular weight is 376 g/mol. The lowest BCUT2D eigenvalue weighted by Gasteiger charge is -2.31. The van der Waals surface area contributed by atoms with Gasteiger partial charge in [-0.25, -0.2) is 4.79 Å². The molecule has 0 atom stereocenters. The van der Waals surface area contributed by atoms with Gasteiger partial charge in [0.05, 0.1) is 5.56 Å². The van der Waals surface area contributed by atoms with E-state index in [4.69, 9.17) is 16.7 Å². The third kappa shape index (κ3) is 4.55. The number of hydrogen-bond donors (Lipinski definition) is 1. The minimum atomic E-state index is -1.02. The molecule has 1 amide bonds. The van der Waals surface area contributed by atoms with Crippen LogP contribution in [0, 0.1) is 0 Å². The number of carbonyl (C=O) groups excluding carboxylic acids is 1. The van der Waals surface area contributed by atoms with E-state index in [0.29, 0.717) is 23.9 Å². The average Bonchev–Trinajstić information content (AvgIpc) is 2.64. The van der Waals surface area contributed by atoms with Gasteiger partial charge in [0, 0.05) is 33.8 Å². The van der Waals surface area contributed by atoms with Crippen molar-refractivity contribution < 1.29 is 14.7 Å². The molecule has 0 aromatic heterocycles. The first-order valence-corrected chi connectivity index (χ1v) is 9.33. The van der Waals surface area contributed by atoms with Gasteiger partial charge in [-0.1, -0.05) is 17.7 Å². The highest BCUT2D eigenvalue weighted by Crippen LogP contribution is 2.31. The number of thioether (sulfide) groups is 1. The van der Waals surface area contributed by atoms with Gasteiger partial charge in [0.2, 0.25) is 0 Å². The van der Waals surface area contributed by atoms with E-state index in [2.05, 4.69) is 0 Å². The van der Waals surface area contributed by atoms with Crippen LogP contribution >= 0.6 is 23.4 Å². The maximum Gasteiger partial charge on any atom is 0.335 e. The highest BCUT2D eigenvalue weighted by atomic mass is 35.5. The Morgan fingerprint density at radius 3 is 2.32 bits per heavy atom. The molecule has 2 aromatic carbocycles. The van der Waals surface area contributed by atoms with Gasteiger partial charge in [0.25, 0.3) is 5.91 Å². The van der Waals surface area contributed by atoms with Crippen molar-refractivity contribution in [1.29, 1.82) is 0 Å². The molecule has 130 valence electrons. The zero-order chi connectivity index (χ0) is 17.8.